The maximum atomic E-state index is 5.49. The smallest absolute Gasteiger partial charge is 0.161 e. The molecular weight excluding hydrogens is 749 g/mol. The molecule has 0 fully saturated rings. The van der Waals surface area contributed by atoms with Crippen molar-refractivity contribution < 1.29 is 0 Å². The molecule has 0 aliphatic carbocycles. The summed E-state index contributed by atoms with van der Waals surface area (Å²) in [4.78, 5) is 18.1. The molecule has 1 aliphatic heterocycles. The van der Waals surface area contributed by atoms with E-state index in [1.165, 1.54) is 48.7 Å². The fourth-order valence-electron chi connectivity index (χ4n) is 9.50. The lowest BCUT2D eigenvalue weighted by molar-refractivity contribution is 1.24. The maximum Gasteiger partial charge on any atom is 0.161 e. The summed E-state index contributed by atoms with van der Waals surface area (Å²) in [6.07, 6.45) is 1.86. The molecular formula is C55H32N4S. The van der Waals surface area contributed by atoms with E-state index in [0.717, 1.165) is 70.9 Å². The van der Waals surface area contributed by atoms with Crippen LogP contribution in [0, 0.1) is 0 Å². The topological polar surface area (TPSA) is 41.9 Å². The molecule has 278 valence electrons. The van der Waals surface area contributed by atoms with Crippen LogP contribution in [0.5, 0.6) is 0 Å². The molecule has 1 aliphatic rings. The summed E-state index contributed by atoms with van der Waals surface area (Å²) in [5.41, 5.74) is 13.2. The van der Waals surface area contributed by atoms with Gasteiger partial charge in [-0.2, -0.15) is 0 Å². The van der Waals surface area contributed by atoms with Crippen LogP contribution < -0.4 is 4.90 Å². The van der Waals surface area contributed by atoms with Gasteiger partial charge in [0.05, 0.1) is 32.8 Å². The lowest BCUT2D eigenvalue weighted by atomic mass is 9.87. The van der Waals surface area contributed by atoms with E-state index in [1.54, 1.807) is 11.3 Å². The second-order valence-corrected chi connectivity index (χ2v) is 16.6. The van der Waals surface area contributed by atoms with Crippen molar-refractivity contribution in [1.29, 1.82) is 0 Å². The average molecular weight is 781 g/mol. The standard InChI is InChI=1S/C55H32N4S/c1-2-16-40-33(10-1)28-30-47-50(40)44-20-6-12-36-13-8-21-46(49(36)44)59(47)39-29-27-34-11-5-19-42(45(34)32-39)55-57-52(54-53(58-55)43-17-3-4-22-48(43)60-54)38-25-23-35(24-26-38)41-18-7-14-37-15-9-31-56-51(37)41/h1-32H. The van der Waals surface area contributed by atoms with Crippen LogP contribution in [0.3, 0.4) is 0 Å². The summed E-state index contributed by atoms with van der Waals surface area (Å²) in [6.45, 7) is 0. The minimum Gasteiger partial charge on any atom is -0.309 e. The minimum absolute atomic E-state index is 0.712. The molecule has 0 radical (unpaired) electrons. The van der Waals surface area contributed by atoms with Crippen LogP contribution in [0.4, 0.5) is 17.1 Å². The van der Waals surface area contributed by atoms with Crippen molar-refractivity contribution in [3.8, 4) is 44.9 Å². The Kier molecular flexibility index (Phi) is 7.14. The molecule has 0 saturated carbocycles. The van der Waals surface area contributed by atoms with Crippen LogP contribution in [-0.4, -0.2) is 15.0 Å². The number of hydrogen-bond donors (Lipinski definition) is 0. The summed E-state index contributed by atoms with van der Waals surface area (Å²) in [5, 5.41) is 9.50. The van der Waals surface area contributed by atoms with Gasteiger partial charge in [0.25, 0.3) is 0 Å². The zero-order valence-corrected chi connectivity index (χ0v) is 33.0. The van der Waals surface area contributed by atoms with Gasteiger partial charge in [-0.15, -0.1) is 11.3 Å². The number of fused-ring (bicyclic) bond motifs is 9. The Bertz CT molecular complexity index is 3730. The van der Waals surface area contributed by atoms with Crippen molar-refractivity contribution in [3.05, 3.63) is 194 Å². The van der Waals surface area contributed by atoms with Gasteiger partial charge in [0.1, 0.15) is 0 Å². The quantitative estimate of drug-likeness (QED) is 0.178. The van der Waals surface area contributed by atoms with Crippen LogP contribution in [0.25, 0.3) is 108 Å². The number of nitrogens with zero attached hydrogens (tertiary/aromatic N) is 4. The third-order valence-electron chi connectivity index (χ3n) is 12.2. The Balaban J connectivity index is 1.01. The molecule has 0 unspecified atom stereocenters. The molecule has 12 aromatic rings. The highest BCUT2D eigenvalue weighted by molar-refractivity contribution is 7.26. The van der Waals surface area contributed by atoms with Crippen LogP contribution in [0.15, 0.2) is 194 Å². The number of thiophene rings is 1. The van der Waals surface area contributed by atoms with Crippen LogP contribution in [0.1, 0.15) is 0 Å². The fourth-order valence-corrected chi connectivity index (χ4v) is 10.7. The zero-order valence-electron chi connectivity index (χ0n) is 32.2. The average Bonchev–Trinajstić information content (AvgIpc) is 3.69. The van der Waals surface area contributed by atoms with E-state index < -0.39 is 0 Å². The monoisotopic (exact) mass is 780 g/mol. The minimum atomic E-state index is 0.712. The Morgan fingerprint density at radius 2 is 1.12 bits per heavy atom. The summed E-state index contributed by atoms with van der Waals surface area (Å²) >= 11 is 1.76. The summed E-state index contributed by atoms with van der Waals surface area (Å²) in [6, 6.07) is 67.8. The number of aromatic nitrogens is 3. The highest BCUT2D eigenvalue weighted by atomic mass is 32.1. The predicted octanol–water partition coefficient (Wildman–Crippen LogP) is 15.3. The first-order valence-corrected chi connectivity index (χ1v) is 21.1. The van der Waals surface area contributed by atoms with Crippen molar-refractivity contribution in [1.82, 2.24) is 15.0 Å². The van der Waals surface area contributed by atoms with Gasteiger partial charge in [-0.05, 0) is 74.5 Å². The first-order chi connectivity index (χ1) is 29.7. The van der Waals surface area contributed by atoms with Crippen LogP contribution in [0.2, 0.25) is 0 Å². The van der Waals surface area contributed by atoms with Gasteiger partial charge in [0, 0.05) is 55.0 Å². The third kappa shape index (κ3) is 4.93. The zero-order chi connectivity index (χ0) is 39.3. The molecule has 5 heteroatoms. The van der Waals surface area contributed by atoms with E-state index in [1.807, 2.05) is 12.3 Å². The number of rotatable bonds is 4. The van der Waals surface area contributed by atoms with E-state index in [-0.39, 0.29) is 0 Å². The van der Waals surface area contributed by atoms with Crippen molar-refractivity contribution in [2.24, 2.45) is 0 Å². The van der Waals surface area contributed by atoms with Gasteiger partial charge in [0.2, 0.25) is 0 Å². The first kappa shape index (κ1) is 33.3. The Hall–Kier alpha value is -7.73. The predicted molar refractivity (Wildman–Crippen MR) is 253 cm³/mol. The van der Waals surface area contributed by atoms with E-state index in [2.05, 4.69) is 187 Å². The SMILES string of the molecule is c1cc(-c2nc(-c3ccc(-c4cccc5cccnc45)cc3)c3sc4ccccc4c3n2)c2cc(N3c4ccc5ccccc5c4-c4cccc5cccc3c45)ccc2c1. The highest BCUT2D eigenvalue weighted by Gasteiger charge is 2.28. The molecule has 4 nitrogen and oxygen atoms in total. The molecule has 0 atom stereocenters. The van der Waals surface area contributed by atoms with Gasteiger partial charge in [-0.1, -0.05) is 152 Å². The number of pyridine rings is 1. The number of hydrogen-bond acceptors (Lipinski definition) is 5. The number of anilines is 3. The molecule has 60 heavy (non-hydrogen) atoms. The Morgan fingerprint density at radius 3 is 2.02 bits per heavy atom. The van der Waals surface area contributed by atoms with Crippen LogP contribution >= 0.6 is 11.3 Å². The van der Waals surface area contributed by atoms with Crippen molar-refractivity contribution >= 4 is 91.9 Å². The van der Waals surface area contributed by atoms with E-state index >= 15 is 0 Å². The van der Waals surface area contributed by atoms with Gasteiger partial charge in [-0.3, -0.25) is 4.98 Å². The van der Waals surface area contributed by atoms with Crippen molar-refractivity contribution in [2.75, 3.05) is 4.90 Å². The fraction of sp³-hybridized carbons (Fsp3) is 0. The molecule has 0 saturated heterocycles. The largest absolute Gasteiger partial charge is 0.309 e. The van der Waals surface area contributed by atoms with Gasteiger partial charge >= 0.3 is 0 Å². The molecule has 4 heterocycles. The number of benzene rings is 9. The summed E-state index contributed by atoms with van der Waals surface area (Å²) < 4.78 is 2.29. The molecule has 0 amide bonds. The molecule has 0 spiro atoms. The van der Waals surface area contributed by atoms with E-state index in [0.29, 0.717) is 5.82 Å². The molecule has 0 bridgehead atoms. The van der Waals surface area contributed by atoms with Crippen LogP contribution in [-0.2, 0) is 0 Å². The van der Waals surface area contributed by atoms with Gasteiger partial charge < -0.3 is 4.90 Å². The highest BCUT2D eigenvalue weighted by Crippen LogP contribution is 2.53. The normalized spacial score (nSPS) is 12.3. The van der Waals surface area contributed by atoms with E-state index in [4.69, 9.17) is 15.0 Å². The molecule has 0 N–H and O–H groups in total. The summed E-state index contributed by atoms with van der Waals surface area (Å²) in [5.74, 6) is 0.712. The third-order valence-corrected chi connectivity index (χ3v) is 13.4. The van der Waals surface area contributed by atoms with Crippen molar-refractivity contribution in [3.63, 3.8) is 0 Å². The number of para-hydroxylation sites is 1. The maximum absolute atomic E-state index is 5.49. The van der Waals surface area contributed by atoms with E-state index in [9.17, 15) is 0 Å². The second-order valence-electron chi connectivity index (χ2n) is 15.5. The Labute approximate surface area is 349 Å². The first-order valence-electron chi connectivity index (χ1n) is 20.3. The molecule has 3 aromatic heterocycles. The van der Waals surface area contributed by atoms with Gasteiger partial charge in [0.15, 0.2) is 5.82 Å². The molecule has 9 aromatic carbocycles. The Morgan fingerprint density at radius 1 is 0.433 bits per heavy atom. The second kappa shape index (κ2) is 12.9. The van der Waals surface area contributed by atoms with Crippen molar-refractivity contribution in [2.45, 2.75) is 0 Å². The lowest BCUT2D eigenvalue weighted by Gasteiger charge is -2.34. The lowest BCUT2D eigenvalue weighted by Crippen LogP contribution is -2.15. The molecule has 13 rings (SSSR count). The summed E-state index contributed by atoms with van der Waals surface area (Å²) in [7, 11) is 0. The van der Waals surface area contributed by atoms with Gasteiger partial charge in [-0.25, -0.2) is 9.97 Å².